The van der Waals surface area contributed by atoms with Crippen molar-refractivity contribution in [3.05, 3.63) is 70.2 Å². The number of aromatic nitrogens is 1. The summed E-state index contributed by atoms with van der Waals surface area (Å²) in [5.41, 5.74) is 0.522. The van der Waals surface area contributed by atoms with Crippen LogP contribution in [0.3, 0.4) is 0 Å². The molecule has 3 rings (SSSR count). The molecule has 142 valence electrons. The first-order valence-electron chi connectivity index (χ1n) is 7.60. The molecule has 0 saturated heterocycles. The third-order valence-electron chi connectivity index (χ3n) is 3.55. The van der Waals surface area contributed by atoms with Crippen LogP contribution in [-0.4, -0.2) is 13.4 Å². The molecule has 27 heavy (non-hydrogen) atoms. The van der Waals surface area contributed by atoms with Gasteiger partial charge in [-0.05, 0) is 30.7 Å². The maximum absolute atomic E-state index is 14.4. The second-order valence-corrected chi connectivity index (χ2v) is 8.42. The number of hydrogen-bond donors (Lipinski definition) is 1. The highest BCUT2D eigenvalue weighted by Crippen LogP contribution is 2.34. The smallest absolute Gasteiger partial charge is 0.266 e. The number of ether oxygens (including phenoxy) is 1. The molecule has 5 nitrogen and oxygen atoms in total. The number of sulfonamides is 1. The number of nitrogens with one attached hydrogen (secondary N) is 1. The molecule has 1 atom stereocenters. The summed E-state index contributed by atoms with van der Waals surface area (Å²) in [6.07, 6.45) is 0.782. The Balaban J connectivity index is 1.86. The van der Waals surface area contributed by atoms with Crippen molar-refractivity contribution in [2.24, 2.45) is 0 Å². The Morgan fingerprint density at radius 3 is 2.70 bits per heavy atom. The van der Waals surface area contributed by atoms with Gasteiger partial charge in [-0.15, -0.1) is 11.3 Å². The zero-order valence-corrected chi connectivity index (χ0v) is 16.2. The van der Waals surface area contributed by atoms with Gasteiger partial charge in [0.15, 0.2) is 5.13 Å². The normalized spacial score (nSPS) is 12.6. The van der Waals surface area contributed by atoms with Crippen LogP contribution in [0.4, 0.5) is 13.9 Å². The van der Waals surface area contributed by atoms with E-state index >= 15 is 0 Å². The number of nitrogens with zero attached hydrogens (tertiary/aromatic N) is 1. The van der Waals surface area contributed by atoms with Crippen LogP contribution in [0.15, 0.2) is 52.9 Å². The zero-order chi connectivity index (χ0) is 19.6. The van der Waals surface area contributed by atoms with E-state index in [0.29, 0.717) is 5.56 Å². The van der Waals surface area contributed by atoms with E-state index in [1.807, 2.05) is 0 Å². The number of halogens is 3. The number of benzene rings is 2. The molecule has 0 aliphatic heterocycles. The molecule has 0 aliphatic rings. The first-order valence-corrected chi connectivity index (χ1v) is 10.3. The van der Waals surface area contributed by atoms with Crippen molar-refractivity contribution in [2.75, 3.05) is 4.72 Å². The monoisotopic (exact) mass is 430 g/mol. The summed E-state index contributed by atoms with van der Waals surface area (Å²) < 4.78 is 60.2. The molecule has 0 bridgehead atoms. The minimum Gasteiger partial charge on any atom is -0.484 e. The Bertz CT molecular complexity index is 1060. The van der Waals surface area contributed by atoms with Gasteiger partial charge in [-0.3, -0.25) is 4.72 Å². The van der Waals surface area contributed by atoms with Crippen molar-refractivity contribution in [3.8, 4) is 5.75 Å². The lowest BCUT2D eigenvalue weighted by Gasteiger charge is -2.17. The predicted molar refractivity (Wildman–Crippen MR) is 99.8 cm³/mol. The van der Waals surface area contributed by atoms with Gasteiger partial charge in [-0.1, -0.05) is 23.7 Å². The van der Waals surface area contributed by atoms with E-state index in [2.05, 4.69) is 9.71 Å². The predicted octanol–water partition coefficient (Wildman–Crippen LogP) is 5.02. The van der Waals surface area contributed by atoms with Gasteiger partial charge in [0.1, 0.15) is 28.4 Å². The average molecular weight is 431 g/mol. The number of rotatable bonds is 6. The van der Waals surface area contributed by atoms with Crippen molar-refractivity contribution in [1.82, 2.24) is 4.98 Å². The average Bonchev–Trinajstić information content (AvgIpc) is 3.09. The summed E-state index contributed by atoms with van der Waals surface area (Å²) in [7, 11) is -4.21. The minimum absolute atomic E-state index is 0.0564. The van der Waals surface area contributed by atoms with Crippen LogP contribution in [0.1, 0.15) is 18.6 Å². The highest BCUT2D eigenvalue weighted by molar-refractivity contribution is 7.93. The van der Waals surface area contributed by atoms with E-state index in [1.165, 1.54) is 24.4 Å². The third kappa shape index (κ3) is 4.55. The molecule has 1 aromatic heterocycles. The van der Waals surface area contributed by atoms with Crippen molar-refractivity contribution in [3.63, 3.8) is 0 Å². The fraction of sp³-hybridized carbons (Fsp3) is 0.118. The zero-order valence-electron chi connectivity index (χ0n) is 13.8. The van der Waals surface area contributed by atoms with Crippen molar-refractivity contribution >= 4 is 38.1 Å². The Labute approximate surface area is 163 Å². The molecule has 2 aromatic carbocycles. The van der Waals surface area contributed by atoms with Gasteiger partial charge in [0.05, 0.1) is 5.02 Å². The lowest BCUT2D eigenvalue weighted by Crippen LogP contribution is -2.15. The lowest BCUT2D eigenvalue weighted by atomic mass is 10.1. The van der Waals surface area contributed by atoms with Gasteiger partial charge in [-0.2, -0.15) is 0 Å². The van der Waals surface area contributed by atoms with Crippen LogP contribution in [-0.2, 0) is 10.0 Å². The third-order valence-corrected chi connectivity index (χ3v) is 6.02. The first kappa shape index (κ1) is 19.5. The van der Waals surface area contributed by atoms with Crippen LogP contribution in [0.5, 0.6) is 5.75 Å². The van der Waals surface area contributed by atoms with Crippen molar-refractivity contribution in [1.29, 1.82) is 0 Å². The van der Waals surface area contributed by atoms with Crippen LogP contribution >= 0.6 is 22.9 Å². The molecule has 0 aliphatic carbocycles. The molecular formula is C17H13ClF2N2O3S2. The number of hydrogen-bond acceptors (Lipinski definition) is 5. The Morgan fingerprint density at radius 1 is 1.26 bits per heavy atom. The standard InChI is InChI=1S/C17H13ClF2N2O3S2/c1-10(11-3-2-4-12(19)7-11)25-15-9-14(20)16(8-13(15)18)27(23,24)22-17-21-5-6-26-17/h2-10H,1H3,(H,21,22)/t10-/m0/s1. The maximum Gasteiger partial charge on any atom is 0.266 e. The molecule has 3 aromatic rings. The molecule has 0 spiro atoms. The summed E-state index contributed by atoms with van der Waals surface area (Å²) in [6, 6.07) is 7.58. The summed E-state index contributed by atoms with van der Waals surface area (Å²) in [6.45, 7) is 1.64. The van der Waals surface area contributed by atoms with Crippen molar-refractivity contribution in [2.45, 2.75) is 17.9 Å². The molecule has 0 unspecified atom stereocenters. The molecular weight excluding hydrogens is 418 g/mol. The maximum atomic E-state index is 14.4. The van der Waals surface area contributed by atoms with E-state index in [9.17, 15) is 17.2 Å². The summed E-state index contributed by atoms with van der Waals surface area (Å²) >= 11 is 7.13. The van der Waals surface area contributed by atoms with Crippen LogP contribution < -0.4 is 9.46 Å². The lowest BCUT2D eigenvalue weighted by molar-refractivity contribution is 0.225. The largest absolute Gasteiger partial charge is 0.484 e. The number of thiazole rings is 1. The van der Waals surface area contributed by atoms with E-state index < -0.39 is 32.7 Å². The van der Waals surface area contributed by atoms with Crippen LogP contribution in [0.2, 0.25) is 5.02 Å². The van der Waals surface area contributed by atoms with E-state index in [4.69, 9.17) is 16.3 Å². The second kappa shape index (κ2) is 7.79. The Kier molecular flexibility index (Phi) is 5.64. The molecule has 1 heterocycles. The topological polar surface area (TPSA) is 68.3 Å². The van der Waals surface area contributed by atoms with Gasteiger partial charge in [0.25, 0.3) is 10.0 Å². The fourth-order valence-electron chi connectivity index (χ4n) is 2.27. The van der Waals surface area contributed by atoms with Crippen LogP contribution in [0.25, 0.3) is 0 Å². The van der Waals surface area contributed by atoms with Gasteiger partial charge in [0, 0.05) is 17.6 Å². The SMILES string of the molecule is C[C@H](Oc1cc(F)c(S(=O)(=O)Nc2nccs2)cc1Cl)c1cccc(F)c1. The van der Waals surface area contributed by atoms with E-state index in [1.54, 1.807) is 18.4 Å². The van der Waals surface area contributed by atoms with Gasteiger partial charge in [0.2, 0.25) is 0 Å². The molecule has 10 heteroatoms. The van der Waals surface area contributed by atoms with Crippen molar-refractivity contribution < 1.29 is 21.9 Å². The highest BCUT2D eigenvalue weighted by atomic mass is 35.5. The quantitative estimate of drug-likeness (QED) is 0.596. The first-order chi connectivity index (χ1) is 12.8. The summed E-state index contributed by atoms with van der Waals surface area (Å²) in [5, 5.41) is 1.58. The van der Waals surface area contributed by atoms with Gasteiger partial charge < -0.3 is 4.74 Å². The molecule has 0 radical (unpaired) electrons. The van der Waals surface area contributed by atoms with E-state index in [0.717, 1.165) is 23.5 Å². The van der Waals surface area contributed by atoms with Gasteiger partial charge >= 0.3 is 0 Å². The fourth-order valence-corrected chi connectivity index (χ4v) is 4.42. The molecule has 1 N–H and O–H groups in total. The molecule has 0 amide bonds. The minimum atomic E-state index is -4.21. The molecule has 0 fully saturated rings. The van der Waals surface area contributed by atoms with Gasteiger partial charge in [-0.25, -0.2) is 22.2 Å². The Morgan fingerprint density at radius 2 is 2.04 bits per heavy atom. The van der Waals surface area contributed by atoms with E-state index in [-0.39, 0.29) is 15.9 Å². The molecule has 0 saturated carbocycles. The highest BCUT2D eigenvalue weighted by Gasteiger charge is 2.23. The summed E-state index contributed by atoms with van der Waals surface area (Å²) in [4.78, 5) is 3.16. The second-order valence-electron chi connectivity index (χ2n) is 5.47. The Hall–Kier alpha value is -2.23. The van der Waals surface area contributed by atoms with Crippen LogP contribution in [0, 0.1) is 11.6 Å². The summed E-state index contributed by atoms with van der Waals surface area (Å²) in [5.74, 6) is -1.53. The number of anilines is 1.